The second-order valence-electron chi connectivity index (χ2n) is 5.54. The number of hydrogen-bond acceptors (Lipinski definition) is 3. The molecule has 0 amide bonds. The molecule has 0 spiro atoms. The first-order valence-electron chi connectivity index (χ1n) is 7.03. The van der Waals surface area contributed by atoms with Gasteiger partial charge in [-0.15, -0.1) is 0 Å². The molecule has 20 heavy (non-hydrogen) atoms. The zero-order valence-electron chi connectivity index (χ0n) is 11.9. The third-order valence-electron chi connectivity index (χ3n) is 3.80. The number of rotatable bonds is 2. The van der Waals surface area contributed by atoms with Crippen LogP contribution < -0.4 is 9.04 Å². The van der Waals surface area contributed by atoms with E-state index in [0.29, 0.717) is 31.1 Å². The molecule has 2 heterocycles. The average Bonchev–Trinajstić information content (AvgIpc) is 2.93. The maximum absolute atomic E-state index is 12.8. The van der Waals surface area contributed by atoms with Crippen molar-refractivity contribution in [1.29, 1.82) is 0 Å². The molecule has 1 aromatic carbocycles. The van der Waals surface area contributed by atoms with Crippen molar-refractivity contribution in [3.05, 3.63) is 23.8 Å². The number of ether oxygens (including phenoxy) is 1. The Morgan fingerprint density at radius 1 is 1.25 bits per heavy atom. The Morgan fingerprint density at radius 3 is 2.65 bits per heavy atom. The molecule has 1 saturated heterocycles. The van der Waals surface area contributed by atoms with E-state index in [2.05, 4.69) is 0 Å². The molecule has 1 fully saturated rings. The molecule has 0 aliphatic carbocycles. The van der Waals surface area contributed by atoms with Crippen LogP contribution in [0.2, 0.25) is 0 Å². The van der Waals surface area contributed by atoms with Crippen molar-refractivity contribution in [3.63, 3.8) is 0 Å². The van der Waals surface area contributed by atoms with E-state index in [1.165, 1.54) is 4.31 Å². The Bertz CT molecular complexity index is 609. The largest absolute Gasteiger partial charge is 0.487 e. The van der Waals surface area contributed by atoms with Gasteiger partial charge < -0.3 is 4.74 Å². The molecule has 0 aromatic heterocycles. The summed E-state index contributed by atoms with van der Waals surface area (Å²) in [7, 11) is -3.44. The summed E-state index contributed by atoms with van der Waals surface area (Å²) in [6, 6.07) is 5.68. The number of aryl methyl sites for hydroxylation is 1. The molecule has 1 aromatic rings. The van der Waals surface area contributed by atoms with Gasteiger partial charge in [0.05, 0.1) is 12.2 Å². The van der Waals surface area contributed by atoms with Crippen LogP contribution in [-0.4, -0.2) is 38.5 Å². The van der Waals surface area contributed by atoms with Gasteiger partial charge >= 0.3 is 10.2 Å². The van der Waals surface area contributed by atoms with E-state index in [1.807, 2.05) is 32.0 Å². The van der Waals surface area contributed by atoms with E-state index in [0.717, 1.165) is 18.4 Å². The third kappa shape index (κ3) is 2.27. The Hall–Kier alpha value is -1.27. The van der Waals surface area contributed by atoms with E-state index in [9.17, 15) is 8.42 Å². The van der Waals surface area contributed by atoms with Crippen LogP contribution in [0.5, 0.6) is 5.75 Å². The van der Waals surface area contributed by atoms with Gasteiger partial charge in [0, 0.05) is 13.1 Å². The van der Waals surface area contributed by atoms with Crippen LogP contribution in [0.4, 0.5) is 5.69 Å². The van der Waals surface area contributed by atoms with Crippen molar-refractivity contribution in [3.8, 4) is 5.75 Å². The summed E-state index contributed by atoms with van der Waals surface area (Å²) in [6.45, 7) is 5.47. The van der Waals surface area contributed by atoms with Crippen molar-refractivity contribution in [2.75, 3.05) is 23.9 Å². The van der Waals surface area contributed by atoms with Crippen LogP contribution in [0.25, 0.3) is 0 Å². The van der Waals surface area contributed by atoms with Gasteiger partial charge in [-0.25, -0.2) is 0 Å². The minimum atomic E-state index is -3.44. The zero-order chi connectivity index (χ0) is 14.3. The highest BCUT2D eigenvalue weighted by molar-refractivity contribution is 7.90. The molecule has 0 bridgehead atoms. The molecule has 2 aliphatic heterocycles. The average molecular weight is 296 g/mol. The number of hydrogen-bond donors (Lipinski definition) is 0. The highest BCUT2D eigenvalue weighted by Crippen LogP contribution is 2.37. The quantitative estimate of drug-likeness (QED) is 0.838. The van der Waals surface area contributed by atoms with Gasteiger partial charge in [0.15, 0.2) is 0 Å². The summed E-state index contributed by atoms with van der Waals surface area (Å²) in [6.07, 6.45) is 1.75. The molecule has 110 valence electrons. The lowest BCUT2D eigenvalue weighted by molar-refractivity contribution is 0.218. The van der Waals surface area contributed by atoms with E-state index in [1.54, 1.807) is 4.31 Å². The number of fused-ring (bicyclic) bond motifs is 1. The molecule has 0 radical (unpaired) electrons. The molecule has 0 unspecified atom stereocenters. The van der Waals surface area contributed by atoms with Crippen LogP contribution in [0.1, 0.15) is 25.3 Å². The molecule has 2 aliphatic rings. The molecular weight excluding hydrogens is 276 g/mol. The van der Waals surface area contributed by atoms with Gasteiger partial charge in [0.1, 0.15) is 11.9 Å². The fourth-order valence-electron chi connectivity index (χ4n) is 2.78. The van der Waals surface area contributed by atoms with E-state index < -0.39 is 10.2 Å². The van der Waals surface area contributed by atoms with E-state index >= 15 is 0 Å². The van der Waals surface area contributed by atoms with Gasteiger partial charge in [-0.05, 0) is 44.4 Å². The van der Waals surface area contributed by atoms with E-state index in [-0.39, 0.29) is 6.10 Å². The van der Waals surface area contributed by atoms with Crippen LogP contribution in [0.3, 0.4) is 0 Å². The van der Waals surface area contributed by atoms with Crippen LogP contribution in [0.15, 0.2) is 18.2 Å². The molecule has 3 rings (SSSR count). The summed E-state index contributed by atoms with van der Waals surface area (Å²) in [4.78, 5) is 0. The number of nitrogens with zero attached hydrogens (tertiary/aromatic N) is 2. The van der Waals surface area contributed by atoms with Crippen LogP contribution in [-0.2, 0) is 10.2 Å². The van der Waals surface area contributed by atoms with Crippen LogP contribution in [0, 0.1) is 6.92 Å². The Balaban J connectivity index is 2.03. The third-order valence-corrected chi connectivity index (χ3v) is 5.72. The summed E-state index contributed by atoms with van der Waals surface area (Å²) in [5.41, 5.74) is 1.69. The van der Waals surface area contributed by atoms with Crippen molar-refractivity contribution >= 4 is 15.9 Å². The fraction of sp³-hybridized carbons (Fsp3) is 0.571. The summed E-state index contributed by atoms with van der Waals surface area (Å²) < 4.78 is 34.4. The van der Waals surface area contributed by atoms with Crippen molar-refractivity contribution < 1.29 is 13.2 Å². The predicted octanol–water partition coefficient (Wildman–Crippen LogP) is 1.92. The van der Waals surface area contributed by atoms with Crippen LogP contribution >= 0.6 is 0 Å². The monoisotopic (exact) mass is 296 g/mol. The van der Waals surface area contributed by atoms with Crippen molar-refractivity contribution in [2.24, 2.45) is 0 Å². The molecule has 0 saturated carbocycles. The SMILES string of the molecule is Cc1ccc2c(c1)N(S(=O)(=O)N1CCCC1)C[C@@H](C)O2. The highest BCUT2D eigenvalue weighted by Gasteiger charge is 2.36. The van der Waals surface area contributed by atoms with Crippen molar-refractivity contribution in [2.45, 2.75) is 32.8 Å². The first kappa shape index (κ1) is 13.7. The Labute approximate surface area is 120 Å². The predicted molar refractivity (Wildman–Crippen MR) is 78.3 cm³/mol. The molecule has 1 atom stereocenters. The van der Waals surface area contributed by atoms with E-state index in [4.69, 9.17) is 4.74 Å². The lowest BCUT2D eigenvalue weighted by Crippen LogP contribution is -2.48. The summed E-state index contributed by atoms with van der Waals surface area (Å²) in [5, 5.41) is 0. The highest BCUT2D eigenvalue weighted by atomic mass is 32.2. The second-order valence-corrected chi connectivity index (χ2v) is 7.40. The van der Waals surface area contributed by atoms with Gasteiger partial charge in [0.2, 0.25) is 0 Å². The Kier molecular flexibility index (Phi) is 3.38. The van der Waals surface area contributed by atoms with Gasteiger partial charge in [-0.3, -0.25) is 4.31 Å². The lowest BCUT2D eigenvalue weighted by Gasteiger charge is -2.36. The molecule has 0 N–H and O–H groups in total. The molecule has 6 heteroatoms. The Morgan fingerprint density at radius 2 is 1.95 bits per heavy atom. The number of benzene rings is 1. The minimum absolute atomic E-state index is 0.136. The minimum Gasteiger partial charge on any atom is -0.487 e. The maximum atomic E-state index is 12.8. The fourth-order valence-corrected chi connectivity index (χ4v) is 4.57. The normalized spacial score (nSPS) is 23.5. The summed E-state index contributed by atoms with van der Waals surface area (Å²) >= 11 is 0. The summed E-state index contributed by atoms with van der Waals surface area (Å²) in [5.74, 6) is 0.650. The van der Waals surface area contributed by atoms with Gasteiger partial charge in [-0.1, -0.05) is 6.07 Å². The standard InChI is InChI=1S/C14H20N2O3S/c1-11-5-6-14-13(9-11)16(10-12(2)19-14)20(17,18)15-7-3-4-8-15/h5-6,9,12H,3-4,7-8,10H2,1-2H3/t12-/m1/s1. The van der Waals surface area contributed by atoms with Gasteiger partial charge in [-0.2, -0.15) is 12.7 Å². The smallest absolute Gasteiger partial charge is 0.304 e. The number of anilines is 1. The van der Waals surface area contributed by atoms with Gasteiger partial charge in [0.25, 0.3) is 0 Å². The van der Waals surface area contributed by atoms with Crippen molar-refractivity contribution in [1.82, 2.24) is 4.31 Å². The topological polar surface area (TPSA) is 49.9 Å². The first-order chi connectivity index (χ1) is 9.48. The molecular formula is C14H20N2O3S. The lowest BCUT2D eigenvalue weighted by atomic mass is 10.2. The maximum Gasteiger partial charge on any atom is 0.304 e. The zero-order valence-corrected chi connectivity index (χ0v) is 12.7. The first-order valence-corrected chi connectivity index (χ1v) is 8.43. The molecule has 5 nitrogen and oxygen atoms in total. The second kappa shape index (κ2) is 4.93.